The second kappa shape index (κ2) is 6.07. The predicted molar refractivity (Wildman–Crippen MR) is 73.2 cm³/mol. The highest BCUT2D eigenvalue weighted by Gasteiger charge is 2.02. The van der Waals surface area contributed by atoms with Crippen LogP contribution in [0.15, 0.2) is 24.4 Å². The first kappa shape index (κ1) is 13.2. The van der Waals surface area contributed by atoms with Crippen LogP contribution in [0.4, 0.5) is 4.39 Å². The molecule has 18 heavy (non-hydrogen) atoms. The fraction of sp³-hybridized carbons (Fsp3) is 0.357. The summed E-state index contributed by atoms with van der Waals surface area (Å²) in [5, 5.41) is 4.44. The number of rotatable bonds is 5. The second-order valence-corrected chi connectivity index (χ2v) is 5.45. The van der Waals surface area contributed by atoms with Crippen molar-refractivity contribution in [2.45, 2.75) is 33.4 Å². The fourth-order valence-corrected chi connectivity index (χ4v) is 2.59. The van der Waals surface area contributed by atoms with E-state index < -0.39 is 0 Å². The maximum atomic E-state index is 12.9. The highest BCUT2D eigenvalue weighted by Crippen LogP contribution is 2.14. The van der Waals surface area contributed by atoms with Crippen LogP contribution in [-0.2, 0) is 19.5 Å². The number of hydrogen-bond acceptors (Lipinski definition) is 3. The normalized spacial score (nSPS) is 10.8. The van der Waals surface area contributed by atoms with Crippen LogP contribution in [0.25, 0.3) is 0 Å². The summed E-state index contributed by atoms with van der Waals surface area (Å²) in [6.07, 6.45) is 2.97. The first-order valence-corrected chi connectivity index (χ1v) is 6.90. The fourth-order valence-electron chi connectivity index (χ4n) is 1.75. The van der Waals surface area contributed by atoms with Gasteiger partial charge in [0.15, 0.2) is 0 Å². The van der Waals surface area contributed by atoms with E-state index in [2.05, 4.69) is 17.2 Å². The number of aromatic nitrogens is 1. The Morgan fingerprint density at radius 1 is 1.33 bits per heavy atom. The molecule has 96 valence electrons. The molecule has 0 aliphatic rings. The van der Waals surface area contributed by atoms with Crippen molar-refractivity contribution in [2.75, 3.05) is 0 Å². The Morgan fingerprint density at radius 2 is 2.17 bits per heavy atom. The van der Waals surface area contributed by atoms with E-state index in [0.717, 1.165) is 35.6 Å². The summed E-state index contributed by atoms with van der Waals surface area (Å²) in [5.74, 6) is -0.177. The molecule has 0 saturated carbocycles. The average Bonchev–Trinajstić information content (AvgIpc) is 2.80. The van der Waals surface area contributed by atoms with Gasteiger partial charge in [-0.3, -0.25) is 0 Å². The summed E-state index contributed by atoms with van der Waals surface area (Å²) in [6.45, 7) is 5.57. The van der Waals surface area contributed by atoms with Crippen LogP contribution in [0.1, 0.15) is 27.9 Å². The third kappa shape index (κ3) is 3.37. The van der Waals surface area contributed by atoms with Gasteiger partial charge in [0.2, 0.25) is 0 Å². The molecule has 2 rings (SSSR count). The lowest BCUT2D eigenvalue weighted by Gasteiger charge is -2.06. The lowest BCUT2D eigenvalue weighted by Crippen LogP contribution is -2.13. The van der Waals surface area contributed by atoms with E-state index >= 15 is 0 Å². The number of aryl methyl sites for hydroxylation is 2. The molecule has 2 nitrogen and oxygen atoms in total. The van der Waals surface area contributed by atoms with Crippen molar-refractivity contribution in [2.24, 2.45) is 0 Å². The molecule has 0 atom stereocenters. The van der Waals surface area contributed by atoms with Gasteiger partial charge in [-0.05, 0) is 36.6 Å². The number of nitrogens with zero attached hydrogens (tertiary/aromatic N) is 1. The summed E-state index contributed by atoms with van der Waals surface area (Å²) in [4.78, 5) is 5.66. The number of benzene rings is 1. The van der Waals surface area contributed by atoms with Gasteiger partial charge in [0.25, 0.3) is 0 Å². The molecule has 0 radical (unpaired) electrons. The van der Waals surface area contributed by atoms with Gasteiger partial charge >= 0.3 is 0 Å². The Hall–Kier alpha value is -1.26. The molecule has 0 fully saturated rings. The zero-order valence-electron chi connectivity index (χ0n) is 10.7. The Labute approximate surface area is 111 Å². The zero-order valence-corrected chi connectivity index (χ0v) is 11.5. The highest BCUT2D eigenvalue weighted by molar-refractivity contribution is 7.11. The van der Waals surface area contributed by atoms with Gasteiger partial charge in [-0.2, -0.15) is 0 Å². The van der Waals surface area contributed by atoms with Crippen LogP contribution in [-0.4, -0.2) is 4.98 Å². The van der Waals surface area contributed by atoms with E-state index in [4.69, 9.17) is 0 Å². The Morgan fingerprint density at radius 3 is 2.83 bits per heavy atom. The maximum Gasteiger partial charge on any atom is 0.123 e. The van der Waals surface area contributed by atoms with Gasteiger partial charge < -0.3 is 5.32 Å². The Kier molecular flexibility index (Phi) is 4.44. The molecule has 0 unspecified atom stereocenters. The lowest BCUT2D eigenvalue weighted by atomic mass is 10.1. The largest absolute Gasteiger partial charge is 0.306 e. The van der Waals surface area contributed by atoms with Crippen LogP contribution in [0.3, 0.4) is 0 Å². The van der Waals surface area contributed by atoms with E-state index in [1.54, 1.807) is 17.4 Å². The van der Waals surface area contributed by atoms with Crippen molar-refractivity contribution in [1.29, 1.82) is 0 Å². The SMILES string of the molecule is CCc1cnc(CNCc2ccc(F)cc2C)s1. The molecule has 1 aromatic carbocycles. The van der Waals surface area contributed by atoms with Gasteiger partial charge in [0, 0.05) is 24.2 Å². The summed E-state index contributed by atoms with van der Waals surface area (Å²) >= 11 is 1.74. The van der Waals surface area contributed by atoms with Crippen LogP contribution < -0.4 is 5.32 Å². The smallest absolute Gasteiger partial charge is 0.123 e. The first-order chi connectivity index (χ1) is 8.69. The van der Waals surface area contributed by atoms with Crippen molar-refractivity contribution >= 4 is 11.3 Å². The third-order valence-electron chi connectivity index (χ3n) is 2.85. The minimum atomic E-state index is -0.177. The van der Waals surface area contributed by atoms with Crippen molar-refractivity contribution in [3.8, 4) is 0 Å². The number of halogens is 1. The first-order valence-electron chi connectivity index (χ1n) is 6.08. The summed E-state index contributed by atoms with van der Waals surface area (Å²) in [6, 6.07) is 4.90. The molecule has 0 saturated heterocycles. The van der Waals surface area contributed by atoms with Crippen molar-refractivity contribution in [3.63, 3.8) is 0 Å². The summed E-state index contributed by atoms with van der Waals surface area (Å²) in [7, 11) is 0. The van der Waals surface area contributed by atoms with Gasteiger partial charge in [-0.15, -0.1) is 11.3 Å². The van der Waals surface area contributed by atoms with E-state index in [1.807, 2.05) is 19.2 Å². The molecular formula is C14H17FN2S. The zero-order chi connectivity index (χ0) is 13.0. The molecule has 2 aromatic rings. The number of thiazole rings is 1. The quantitative estimate of drug-likeness (QED) is 0.894. The van der Waals surface area contributed by atoms with Gasteiger partial charge in [-0.25, -0.2) is 9.37 Å². The minimum Gasteiger partial charge on any atom is -0.306 e. The Balaban J connectivity index is 1.88. The van der Waals surface area contributed by atoms with Crippen LogP contribution >= 0.6 is 11.3 Å². The van der Waals surface area contributed by atoms with Crippen molar-refractivity contribution in [1.82, 2.24) is 10.3 Å². The molecule has 1 heterocycles. The van der Waals surface area contributed by atoms with E-state index in [0.29, 0.717) is 0 Å². The van der Waals surface area contributed by atoms with Crippen LogP contribution in [0.5, 0.6) is 0 Å². The minimum absolute atomic E-state index is 0.177. The van der Waals surface area contributed by atoms with E-state index in [1.165, 1.54) is 10.9 Å². The van der Waals surface area contributed by atoms with Crippen LogP contribution in [0, 0.1) is 12.7 Å². The van der Waals surface area contributed by atoms with Gasteiger partial charge in [-0.1, -0.05) is 13.0 Å². The predicted octanol–water partition coefficient (Wildman–Crippen LogP) is 3.44. The number of nitrogens with one attached hydrogen (secondary N) is 1. The number of hydrogen-bond donors (Lipinski definition) is 1. The summed E-state index contributed by atoms with van der Waals surface area (Å²) < 4.78 is 12.9. The molecule has 0 aliphatic carbocycles. The lowest BCUT2D eigenvalue weighted by molar-refractivity contribution is 0.623. The standard InChI is InChI=1S/C14H17FN2S/c1-3-13-8-17-14(18-13)9-16-7-11-4-5-12(15)6-10(11)2/h4-6,8,16H,3,7,9H2,1-2H3. The Bertz CT molecular complexity index is 522. The molecule has 0 amide bonds. The molecule has 0 aliphatic heterocycles. The molecule has 0 spiro atoms. The van der Waals surface area contributed by atoms with E-state index in [-0.39, 0.29) is 5.82 Å². The molecule has 0 bridgehead atoms. The molecular weight excluding hydrogens is 247 g/mol. The molecule has 1 N–H and O–H groups in total. The molecule has 4 heteroatoms. The van der Waals surface area contributed by atoms with E-state index in [9.17, 15) is 4.39 Å². The van der Waals surface area contributed by atoms with Crippen LogP contribution in [0.2, 0.25) is 0 Å². The average molecular weight is 264 g/mol. The summed E-state index contributed by atoms with van der Waals surface area (Å²) in [5.41, 5.74) is 2.11. The van der Waals surface area contributed by atoms with Crippen molar-refractivity contribution in [3.05, 3.63) is 51.2 Å². The van der Waals surface area contributed by atoms with Gasteiger partial charge in [0.1, 0.15) is 10.8 Å². The highest BCUT2D eigenvalue weighted by atomic mass is 32.1. The monoisotopic (exact) mass is 264 g/mol. The third-order valence-corrected chi connectivity index (χ3v) is 3.99. The van der Waals surface area contributed by atoms with Gasteiger partial charge in [0.05, 0.1) is 0 Å². The topological polar surface area (TPSA) is 24.9 Å². The second-order valence-electron chi connectivity index (χ2n) is 4.25. The van der Waals surface area contributed by atoms with Crippen molar-refractivity contribution < 1.29 is 4.39 Å². The molecule has 1 aromatic heterocycles. The maximum absolute atomic E-state index is 12.9.